The van der Waals surface area contributed by atoms with Gasteiger partial charge in [0.05, 0.1) is 5.52 Å². The Hall–Kier alpha value is -1.93. The van der Waals surface area contributed by atoms with Crippen molar-refractivity contribution in [3.05, 3.63) is 59.2 Å². The predicted molar refractivity (Wildman–Crippen MR) is 74.7 cm³/mol. The highest BCUT2D eigenvalue weighted by Crippen LogP contribution is 2.23. The van der Waals surface area contributed by atoms with Gasteiger partial charge in [-0.2, -0.15) is 0 Å². The fraction of sp³-hybridized carbons (Fsp3) is 0.0667. The van der Waals surface area contributed by atoms with Crippen LogP contribution in [0.3, 0.4) is 0 Å². The maximum Gasteiger partial charge on any atom is 0.160 e. The van der Waals surface area contributed by atoms with Gasteiger partial charge >= 0.3 is 0 Å². The van der Waals surface area contributed by atoms with Crippen LogP contribution in [0.4, 0.5) is 0 Å². The van der Waals surface area contributed by atoms with Crippen LogP contribution < -0.4 is 0 Å². The highest BCUT2D eigenvalue weighted by atomic mass is 35.5. The average molecular weight is 255 g/mol. The van der Waals surface area contributed by atoms with E-state index in [4.69, 9.17) is 11.6 Å². The first-order chi connectivity index (χ1) is 8.74. The molecule has 3 aromatic rings. The molecule has 0 radical (unpaired) electrons. The normalized spacial score (nSPS) is 10.8. The number of hydrogen-bond donors (Lipinski definition) is 0. The average Bonchev–Trinajstić information content (AvgIpc) is 2.40. The van der Waals surface area contributed by atoms with Crippen LogP contribution in [0.25, 0.3) is 22.3 Å². The van der Waals surface area contributed by atoms with Crippen LogP contribution in [0.1, 0.15) is 5.69 Å². The number of halogens is 1. The first-order valence-corrected chi connectivity index (χ1v) is 6.11. The molecule has 18 heavy (non-hydrogen) atoms. The van der Waals surface area contributed by atoms with Crippen molar-refractivity contribution in [3.63, 3.8) is 0 Å². The largest absolute Gasteiger partial charge is 0.233 e. The van der Waals surface area contributed by atoms with Crippen LogP contribution in [0.5, 0.6) is 0 Å². The molecule has 0 amide bonds. The summed E-state index contributed by atoms with van der Waals surface area (Å²) in [7, 11) is 0. The Morgan fingerprint density at radius 1 is 0.944 bits per heavy atom. The van der Waals surface area contributed by atoms with Crippen LogP contribution in [0.15, 0.2) is 48.5 Å². The molecular weight excluding hydrogens is 244 g/mol. The molecule has 3 rings (SSSR count). The zero-order valence-electron chi connectivity index (χ0n) is 9.89. The van der Waals surface area contributed by atoms with Crippen molar-refractivity contribution in [2.45, 2.75) is 6.92 Å². The number of nitrogens with zero attached hydrogens (tertiary/aromatic N) is 2. The number of rotatable bonds is 1. The quantitative estimate of drug-likeness (QED) is 0.648. The van der Waals surface area contributed by atoms with Crippen LogP contribution in [-0.2, 0) is 0 Å². The Morgan fingerprint density at radius 2 is 1.72 bits per heavy atom. The molecule has 1 heterocycles. The first-order valence-electron chi connectivity index (χ1n) is 5.73. The minimum atomic E-state index is 0.710. The smallest absolute Gasteiger partial charge is 0.160 e. The zero-order chi connectivity index (χ0) is 12.5. The number of benzene rings is 2. The van der Waals surface area contributed by atoms with Gasteiger partial charge in [-0.05, 0) is 25.1 Å². The molecule has 0 aliphatic rings. The van der Waals surface area contributed by atoms with Gasteiger partial charge in [0.15, 0.2) is 5.82 Å². The molecule has 3 heteroatoms. The standard InChI is InChI=1S/C15H11ClN2/c1-10-13-9-12(16)7-8-14(13)18-15(17-10)11-5-3-2-4-6-11/h2-9H,1H3. The summed E-state index contributed by atoms with van der Waals surface area (Å²) in [6, 6.07) is 15.7. The zero-order valence-corrected chi connectivity index (χ0v) is 10.6. The van der Waals surface area contributed by atoms with Gasteiger partial charge in [0.25, 0.3) is 0 Å². The van der Waals surface area contributed by atoms with Crippen LogP contribution >= 0.6 is 11.6 Å². The van der Waals surface area contributed by atoms with Gasteiger partial charge in [-0.1, -0.05) is 41.9 Å². The summed E-state index contributed by atoms with van der Waals surface area (Å²) < 4.78 is 0. The van der Waals surface area contributed by atoms with Crippen molar-refractivity contribution in [1.82, 2.24) is 9.97 Å². The Labute approximate surface area is 110 Å². The molecule has 0 saturated carbocycles. The fourth-order valence-electron chi connectivity index (χ4n) is 1.97. The van der Waals surface area contributed by atoms with Gasteiger partial charge in [0.2, 0.25) is 0 Å². The third kappa shape index (κ3) is 1.95. The van der Waals surface area contributed by atoms with Gasteiger partial charge in [-0.25, -0.2) is 9.97 Å². The summed E-state index contributed by atoms with van der Waals surface area (Å²) in [5.41, 5.74) is 2.89. The fourth-order valence-corrected chi connectivity index (χ4v) is 2.14. The summed E-state index contributed by atoms with van der Waals surface area (Å²) in [4.78, 5) is 9.12. The lowest BCUT2D eigenvalue weighted by molar-refractivity contribution is 1.16. The van der Waals surface area contributed by atoms with Gasteiger partial charge in [0, 0.05) is 21.7 Å². The third-order valence-electron chi connectivity index (χ3n) is 2.88. The van der Waals surface area contributed by atoms with Crippen molar-refractivity contribution in [1.29, 1.82) is 0 Å². The van der Waals surface area contributed by atoms with E-state index in [2.05, 4.69) is 9.97 Å². The summed E-state index contributed by atoms with van der Waals surface area (Å²) in [6.45, 7) is 1.98. The molecule has 1 aromatic heterocycles. The van der Waals surface area contributed by atoms with Gasteiger partial charge in [0.1, 0.15) is 0 Å². The lowest BCUT2D eigenvalue weighted by Crippen LogP contribution is -1.94. The van der Waals surface area contributed by atoms with Crippen molar-refractivity contribution >= 4 is 22.5 Å². The number of hydrogen-bond acceptors (Lipinski definition) is 2. The van der Waals surface area contributed by atoms with Crippen LogP contribution in [-0.4, -0.2) is 9.97 Å². The SMILES string of the molecule is Cc1nc(-c2ccccc2)nc2ccc(Cl)cc12. The molecule has 0 N–H and O–H groups in total. The first kappa shape index (κ1) is 11.2. The monoisotopic (exact) mass is 254 g/mol. The topological polar surface area (TPSA) is 25.8 Å². The van der Waals surface area contributed by atoms with E-state index in [1.807, 2.05) is 55.5 Å². The van der Waals surface area contributed by atoms with Crippen molar-refractivity contribution in [2.75, 3.05) is 0 Å². The third-order valence-corrected chi connectivity index (χ3v) is 3.12. The Bertz CT molecular complexity index is 708. The van der Waals surface area contributed by atoms with Crippen molar-refractivity contribution in [3.8, 4) is 11.4 Å². The second kappa shape index (κ2) is 4.39. The second-order valence-electron chi connectivity index (χ2n) is 4.16. The summed E-state index contributed by atoms with van der Waals surface area (Å²) in [6.07, 6.45) is 0. The molecule has 0 aliphatic carbocycles. The number of aromatic nitrogens is 2. The summed E-state index contributed by atoms with van der Waals surface area (Å²) in [5.74, 6) is 0.753. The molecule has 0 aliphatic heterocycles. The van der Waals surface area contributed by atoms with E-state index in [0.29, 0.717) is 5.02 Å². The molecule has 2 aromatic carbocycles. The highest BCUT2D eigenvalue weighted by Gasteiger charge is 2.06. The number of aryl methyl sites for hydroxylation is 1. The number of fused-ring (bicyclic) bond motifs is 1. The minimum absolute atomic E-state index is 0.710. The molecule has 0 spiro atoms. The molecule has 2 nitrogen and oxygen atoms in total. The van der Waals surface area contributed by atoms with E-state index in [9.17, 15) is 0 Å². The molecule has 0 bridgehead atoms. The maximum atomic E-state index is 5.99. The Balaban J connectivity index is 2.25. The Kier molecular flexibility index (Phi) is 2.73. The van der Waals surface area contributed by atoms with E-state index < -0.39 is 0 Å². The molecule has 0 unspecified atom stereocenters. The van der Waals surface area contributed by atoms with Crippen LogP contribution in [0.2, 0.25) is 5.02 Å². The highest BCUT2D eigenvalue weighted by molar-refractivity contribution is 6.31. The summed E-state index contributed by atoms with van der Waals surface area (Å²) in [5, 5.41) is 1.71. The molecule has 88 valence electrons. The second-order valence-corrected chi connectivity index (χ2v) is 4.60. The predicted octanol–water partition coefficient (Wildman–Crippen LogP) is 4.26. The summed E-state index contributed by atoms with van der Waals surface area (Å²) >= 11 is 5.99. The van der Waals surface area contributed by atoms with E-state index >= 15 is 0 Å². The van der Waals surface area contributed by atoms with E-state index in [0.717, 1.165) is 28.0 Å². The van der Waals surface area contributed by atoms with Gasteiger partial charge in [-0.3, -0.25) is 0 Å². The van der Waals surface area contributed by atoms with Gasteiger partial charge in [-0.15, -0.1) is 0 Å². The van der Waals surface area contributed by atoms with Crippen molar-refractivity contribution in [2.24, 2.45) is 0 Å². The van der Waals surface area contributed by atoms with Crippen LogP contribution in [0, 0.1) is 6.92 Å². The molecular formula is C15H11ClN2. The van der Waals surface area contributed by atoms with Crippen molar-refractivity contribution < 1.29 is 0 Å². The Morgan fingerprint density at radius 3 is 2.50 bits per heavy atom. The lowest BCUT2D eigenvalue weighted by Gasteiger charge is -2.06. The van der Waals surface area contributed by atoms with E-state index in [1.54, 1.807) is 0 Å². The van der Waals surface area contributed by atoms with Gasteiger partial charge < -0.3 is 0 Å². The molecule has 0 fully saturated rings. The minimum Gasteiger partial charge on any atom is -0.233 e. The van der Waals surface area contributed by atoms with E-state index in [1.165, 1.54) is 0 Å². The van der Waals surface area contributed by atoms with E-state index in [-0.39, 0.29) is 0 Å². The maximum absolute atomic E-state index is 5.99. The molecule has 0 saturated heterocycles. The lowest BCUT2D eigenvalue weighted by atomic mass is 10.1. The molecule has 0 atom stereocenters.